The highest BCUT2D eigenvalue weighted by Crippen LogP contribution is 2.34. The molecular weight excluding hydrogens is 430 g/mol. The number of anilines is 2. The number of rotatable bonds is 4. The van der Waals surface area contributed by atoms with Crippen molar-refractivity contribution in [2.75, 3.05) is 23.7 Å². The normalized spacial score (nSPS) is 21.3. The molecule has 0 aromatic heterocycles. The maximum atomic E-state index is 13.3. The molecule has 2 N–H and O–H groups in total. The Labute approximate surface area is 188 Å². The van der Waals surface area contributed by atoms with Gasteiger partial charge in [-0.1, -0.05) is 12.1 Å². The van der Waals surface area contributed by atoms with Crippen LogP contribution in [0.3, 0.4) is 0 Å². The predicted octanol–water partition coefficient (Wildman–Crippen LogP) is 3.06. The van der Waals surface area contributed by atoms with E-state index in [4.69, 9.17) is 4.74 Å². The molecule has 2 heterocycles. The molecule has 0 radical (unpaired) electrons. The molecule has 1 saturated heterocycles. The average molecular weight is 458 g/mol. The van der Waals surface area contributed by atoms with E-state index in [1.165, 1.54) is 16.4 Å². The van der Waals surface area contributed by atoms with Crippen LogP contribution in [-0.2, 0) is 19.6 Å². The third-order valence-corrected chi connectivity index (χ3v) is 8.00. The summed E-state index contributed by atoms with van der Waals surface area (Å²) < 4.78 is 33.4. The number of nitrogens with zero attached hydrogens (tertiary/aromatic N) is 1. The molecule has 0 saturated carbocycles. The molecule has 2 aromatic rings. The van der Waals surface area contributed by atoms with E-state index in [9.17, 15) is 18.0 Å². The average Bonchev–Trinajstić information content (AvgIpc) is 2.77. The second-order valence-electron chi connectivity index (χ2n) is 8.35. The second kappa shape index (κ2) is 8.55. The molecule has 32 heavy (non-hydrogen) atoms. The maximum absolute atomic E-state index is 13.3. The van der Waals surface area contributed by atoms with Crippen molar-refractivity contribution in [3.63, 3.8) is 0 Å². The summed E-state index contributed by atoms with van der Waals surface area (Å²) in [6.45, 7) is 6.00. The van der Waals surface area contributed by atoms with Crippen LogP contribution in [0.1, 0.15) is 30.9 Å². The molecular formula is C23H27N3O5S. The van der Waals surface area contributed by atoms with Crippen LogP contribution >= 0.6 is 0 Å². The van der Waals surface area contributed by atoms with E-state index in [0.29, 0.717) is 30.8 Å². The molecule has 2 unspecified atom stereocenters. The molecule has 2 atom stereocenters. The lowest BCUT2D eigenvalue weighted by Crippen LogP contribution is -2.43. The van der Waals surface area contributed by atoms with Crippen LogP contribution in [0.5, 0.6) is 5.75 Å². The van der Waals surface area contributed by atoms with Crippen molar-refractivity contribution < 1.29 is 22.7 Å². The van der Waals surface area contributed by atoms with E-state index < -0.39 is 22.0 Å². The highest BCUT2D eigenvalue weighted by Gasteiger charge is 2.34. The fourth-order valence-electron chi connectivity index (χ4n) is 3.99. The van der Waals surface area contributed by atoms with Crippen LogP contribution in [0.15, 0.2) is 41.3 Å². The number of carbonyl (C=O) groups excluding carboxylic acids is 2. The summed E-state index contributed by atoms with van der Waals surface area (Å²) in [5.74, 6) is -0.521. The first-order valence-electron chi connectivity index (χ1n) is 10.7. The minimum atomic E-state index is -3.83. The number of hydrogen-bond acceptors (Lipinski definition) is 5. The monoisotopic (exact) mass is 457 g/mol. The van der Waals surface area contributed by atoms with Crippen molar-refractivity contribution in [1.82, 2.24) is 4.31 Å². The molecule has 170 valence electrons. The van der Waals surface area contributed by atoms with Crippen molar-refractivity contribution >= 4 is 33.2 Å². The fraction of sp³-hybridized carbons (Fsp3) is 0.391. The lowest BCUT2D eigenvalue weighted by atomic mass is 9.98. The lowest BCUT2D eigenvalue weighted by Gasteiger charge is -2.32. The Bertz CT molecular complexity index is 1180. The zero-order chi connectivity index (χ0) is 23.0. The van der Waals surface area contributed by atoms with Gasteiger partial charge in [0, 0.05) is 18.8 Å². The van der Waals surface area contributed by atoms with Gasteiger partial charge >= 0.3 is 0 Å². The first-order valence-corrected chi connectivity index (χ1v) is 12.1. The molecule has 4 rings (SSSR count). The second-order valence-corrected chi connectivity index (χ2v) is 10.3. The molecule has 9 heteroatoms. The molecule has 2 aromatic carbocycles. The summed E-state index contributed by atoms with van der Waals surface area (Å²) in [5.41, 5.74) is 3.15. The standard InChI is InChI=1S/C23H27N3O5S/c1-14-6-4-8-19(15(14)2)24-23(28)17-7-5-11-26(13-17)32(29,30)18-9-10-21-20(12-18)25-22(27)16(3)31-21/h4,6,8-10,12,16-17H,5,7,11,13H2,1-3H3,(H,24,28)(H,25,27). The van der Waals surface area contributed by atoms with Crippen molar-refractivity contribution in [1.29, 1.82) is 0 Å². The number of aryl methyl sites for hydroxylation is 1. The summed E-state index contributed by atoms with van der Waals surface area (Å²) in [5, 5.41) is 5.64. The van der Waals surface area contributed by atoms with Gasteiger partial charge in [0.05, 0.1) is 16.5 Å². The number of fused-ring (bicyclic) bond motifs is 1. The largest absolute Gasteiger partial charge is 0.479 e. The smallest absolute Gasteiger partial charge is 0.265 e. The van der Waals surface area contributed by atoms with Gasteiger partial charge in [0.25, 0.3) is 5.91 Å². The first-order chi connectivity index (χ1) is 15.2. The van der Waals surface area contributed by atoms with Crippen LogP contribution in [0.25, 0.3) is 0 Å². The number of sulfonamides is 1. The van der Waals surface area contributed by atoms with Crippen LogP contribution in [0, 0.1) is 19.8 Å². The zero-order valence-electron chi connectivity index (χ0n) is 18.3. The van der Waals surface area contributed by atoms with Crippen LogP contribution < -0.4 is 15.4 Å². The van der Waals surface area contributed by atoms with Gasteiger partial charge in [0.2, 0.25) is 15.9 Å². The van der Waals surface area contributed by atoms with E-state index in [2.05, 4.69) is 10.6 Å². The predicted molar refractivity (Wildman–Crippen MR) is 121 cm³/mol. The van der Waals surface area contributed by atoms with Crippen LogP contribution in [0.4, 0.5) is 11.4 Å². The number of carbonyl (C=O) groups is 2. The highest BCUT2D eigenvalue weighted by atomic mass is 32.2. The zero-order valence-corrected chi connectivity index (χ0v) is 19.2. The van der Waals surface area contributed by atoms with E-state index in [0.717, 1.165) is 16.8 Å². The Morgan fingerprint density at radius 3 is 2.78 bits per heavy atom. The molecule has 2 aliphatic rings. The van der Waals surface area contributed by atoms with Gasteiger partial charge in [-0.15, -0.1) is 0 Å². The number of amides is 2. The van der Waals surface area contributed by atoms with E-state index >= 15 is 0 Å². The molecule has 0 bridgehead atoms. The fourth-order valence-corrected chi connectivity index (χ4v) is 5.54. The van der Waals surface area contributed by atoms with Gasteiger partial charge < -0.3 is 15.4 Å². The van der Waals surface area contributed by atoms with Crippen molar-refractivity contribution in [2.24, 2.45) is 5.92 Å². The summed E-state index contributed by atoms with van der Waals surface area (Å²) in [4.78, 5) is 24.9. The Kier molecular flexibility index (Phi) is 5.96. The molecule has 0 spiro atoms. The van der Waals surface area contributed by atoms with E-state index in [1.807, 2.05) is 32.0 Å². The summed E-state index contributed by atoms with van der Waals surface area (Å²) in [7, 11) is -3.83. The maximum Gasteiger partial charge on any atom is 0.265 e. The minimum Gasteiger partial charge on any atom is -0.479 e. The molecule has 0 aliphatic carbocycles. The lowest BCUT2D eigenvalue weighted by molar-refractivity contribution is -0.123. The summed E-state index contributed by atoms with van der Waals surface area (Å²) in [6, 6.07) is 10.1. The third kappa shape index (κ3) is 4.22. The van der Waals surface area contributed by atoms with E-state index in [1.54, 1.807) is 13.0 Å². The number of benzene rings is 2. The van der Waals surface area contributed by atoms with Crippen molar-refractivity contribution in [2.45, 2.75) is 44.6 Å². The topological polar surface area (TPSA) is 105 Å². The highest BCUT2D eigenvalue weighted by molar-refractivity contribution is 7.89. The van der Waals surface area contributed by atoms with Gasteiger partial charge in [-0.05, 0) is 69.0 Å². The summed E-state index contributed by atoms with van der Waals surface area (Å²) >= 11 is 0. The molecule has 2 aliphatic heterocycles. The number of nitrogens with one attached hydrogen (secondary N) is 2. The van der Waals surface area contributed by atoms with Gasteiger partial charge in [-0.3, -0.25) is 9.59 Å². The van der Waals surface area contributed by atoms with Crippen molar-refractivity contribution in [3.05, 3.63) is 47.5 Å². The van der Waals surface area contributed by atoms with Gasteiger partial charge in [-0.25, -0.2) is 8.42 Å². The Hall–Kier alpha value is -2.91. The third-order valence-electron chi connectivity index (χ3n) is 6.14. The first kappa shape index (κ1) is 22.3. The van der Waals surface area contributed by atoms with Crippen LogP contribution in [-0.4, -0.2) is 43.7 Å². The Balaban J connectivity index is 1.51. The molecule has 8 nitrogen and oxygen atoms in total. The number of hydrogen-bond donors (Lipinski definition) is 2. The Morgan fingerprint density at radius 2 is 2.00 bits per heavy atom. The van der Waals surface area contributed by atoms with Gasteiger partial charge in [0.1, 0.15) is 5.75 Å². The number of piperidine rings is 1. The van der Waals surface area contributed by atoms with Crippen molar-refractivity contribution in [3.8, 4) is 5.75 Å². The van der Waals surface area contributed by atoms with Gasteiger partial charge in [0.15, 0.2) is 6.10 Å². The van der Waals surface area contributed by atoms with E-state index in [-0.39, 0.29) is 23.3 Å². The SMILES string of the molecule is Cc1cccc(NC(=O)C2CCCN(S(=O)(=O)c3ccc4c(c3)NC(=O)C(C)O4)C2)c1C. The minimum absolute atomic E-state index is 0.0605. The number of ether oxygens (including phenoxy) is 1. The van der Waals surface area contributed by atoms with Crippen LogP contribution in [0.2, 0.25) is 0 Å². The van der Waals surface area contributed by atoms with Gasteiger partial charge in [-0.2, -0.15) is 4.31 Å². The Morgan fingerprint density at radius 1 is 1.22 bits per heavy atom. The molecule has 2 amide bonds. The molecule has 1 fully saturated rings. The quantitative estimate of drug-likeness (QED) is 0.734. The summed E-state index contributed by atoms with van der Waals surface area (Å²) in [6.07, 6.45) is 0.574.